The summed E-state index contributed by atoms with van der Waals surface area (Å²) >= 11 is 5.79. The summed E-state index contributed by atoms with van der Waals surface area (Å²) in [6.07, 6.45) is 0.710. The highest BCUT2D eigenvalue weighted by molar-refractivity contribution is 6.32. The molecule has 1 saturated heterocycles. The number of carbonyl (C=O) groups is 1. The highest BCUT2D eigenvalue weighted by Gasteiger charge is 2.28. The number of nitro groups is 1. The summed E-state index contributed by atoms with van der Waals surface area (Å²) in [7, 11) is 0. The molecule has 1 amide bonds. The lowest BCUT2D eigenvalue weighted by molar-refractivity contribution is -0.384. The average molecular weight is 298 g/mol. The van der Waals surface area contributed by atoms with E-state index in [2.05, 4.69) is 5.32 Å². The van der Waals surface area contributed by atoms with E-state index in [4.69, 9.17) is 11.6 Å². The van der Waals surface area contributed by atoms with Gasteiger partial charge in [0.2, 0.25) is 5.91 Å². The molecule has 0 aliphatic carbocycles. The Labute approximate surface area is 121 Å². The van der Waals surface area contributed by atoms with E-state index in [1.54, 1.807) is 6.07 Å². The van der Waals surface area contributed by atoms with Crippen molar-refractivity contribution in [3.05, 3.63) is 38.9 Å². The molecule has 7 heteroatoms. The maximum Gasteiger partial charge on any atom is 0.288 e. The molecule has 0 radical (unpaired) electrons. The maximum absolute atomic E-state index is 11.8. The van der Waals surface area contributed by atoms with Gasteiger partial charge >= 0.3 is 0 Å². The fraction of sp³-hybridized carbons (Fsp3) is 0.462. The van der Waals surface area contributed by atoms with Crippen LogP contribution < -0.4 is 5.32 Å². The molecule has 1 fully saturated rings. The lowest BCUT2D eigenvalue weighted by Gasteiger charge is -2.34. The standard InChI is InChI=1S/C13H16ClN3O3/c1-2-11-13(18)15-5-6-16(11)8-9-3-4-10(14)12(7-9)17(19)20/h3-4,7,11H,2,5-6,8H2,1H3,(H,15,18). The fourth-order valence-electron chi connectivity index (χ4n) is 2.43. The summed E-state index contributed by atoms with van der Waals surface area (Å²) in [4.78, 5) is 24.2. The Morgan fingerprint density at radius 1 is 1.55 bits per heavy atom. The molecule has 1 atom stereocenters. The number of nitro benzene ring substituents is 1. The van der Waals surface area contributed by atoms with Gasteiger partial charge in [0, 0.05) is 25.7 Å². The first-order chi connectivity index (χ1) is 9.52. The number of nitrogens with one attached hydrogen (secondary N) is 1. The molecule has 1 heterocycles. The van der Waals surface area contributed by atoms with Crippen molar-refractivity contribution in [3.63, 3.8) is 0 Å². The second kappa shape index (κ2) is 6.19. The number of carbonyl (C=O) groups excluding carboxylic acids is 1. The summed E-state index contributed by atoms with van der Waals surface area (Å²) in [6.45, 7) is 3.79. The van der Waals surface area contributed by atoms with E-state index in [1.807, 2.05) is 11.8 Å². The van der Waals surface area contributed by atoms with Crippen LogP contribution in [0.3, 0.4) is 0 Å². The molecule has 1 unspecified atom stereocenters. The van der Waals surface area contributed by atoms with Crippen molar-refractivity contribution in [1.82, 2.24) is 10.2 Å². The largest absolute Gasteiger partial charge is 0.353 e. The van der Waals surface area contributed by atoms with Crippen LogP contribution in [0.15, 0.2) is 18.2 Å². The van der Waals surface area contributed by atoms with E-state index in [1.165, 1.54) is 12.1 Å². The Balaban J connectivity index is 2.18. The van der Waals surface area contributed by atoms with E-state index >= 15 is 0 Å². The third-order valence-electron chi connectivity index (χ3n) is 3.42. The van der Waals surface area contributed by atoms with Crippen LogP contribution in [0.25, 0.3) is 0 Å². The van der Waals surface area contributed by atoms with E-state index < -0.39 is 4.92 Å². The molecule has 1 aromatic carbocycles. The first kappa shape index (κ1) is 14.7. The van der Waals surface area contributed by atoms with Crippen molar-refractivity contribution in [1.29, 1.82) is 0 Å². The zero-order valence-corrected chi connectivity index (χ0v) is 11.9. The Bertz CT molecular complexity index is 536. The van der Waals surface area contributed by atoms with Crippen LogP contribution >= 0.6 is 11.6 Å². The van der Waals surface area contributed by atoms with Crippen molar-refractivity contribution >= 4 is 23.2 Å². The van der Waals surface area contributed by atoms with Crippen molar-refractivity contribution < 1.29 is 9.72 Å². The maximum atomic E-state index is 11.8. The molecule has 1 aliphatic rings. The molecule has 6 nitrogen and oxygen atoms in total. The van der Waals surface area contributed by atoms with Gasteiger partial charge in [0.1, 0.15) is 5.02 Å². The topological polar surface area (TPSA) is 75.5 Å². The van der Waals surface area contributed by atoms with Gasteiger partial charge in [-0.2, -0.15) is 0 Å². The van der Waals surface area contributed by atoms with Crippen LogP contribution in [0.4, 0.5) is 5.69 Å². The smallest absolute Gasteiger partial charge is 0.288 e. The molecule has 0 spiro atoms. The van der Waals surface area contributed by atoms with E-state index in [0.29, 0.717) is 19.5 Å². The minimum atomic E-state index is -0.494. The monoisotopic (exact) mass is 297 g/mol. The van der Waals surface area contributed by atoms with Gasteiger partial charge in [0.05, 0.1) is 11.0 Å². The van der Waals surface area contributed by atoms with Gasteiger partial charge in [-0.3, -0.25) is 19.8 Å². The molecular weight excluding hydrogens is 282 g/mol. The summed E-state index contributed by atoms with van der Waals surface area (Å²) in [5.74, 6) is 0.0159. The van der Waals surface area contributed by atoms with Gasteiger partial charge in [0.15, 0.2) is 0 Å². The predicted octanol–water partition coefficient (Wildman–Crippen LogP) is 1.96. The highest BCUT2D eigenvalue weighted by atomic mass is 35.5. The lowest BCUT2D eigenvalue weighted by atomic mass is 10.1. The Morgan fingerprint density at radius 3 is 2.95 bits per heavy atom. The zero-order valence-electron chi connectivity index (χ0n) is 11.1. The number of halogens is 1. The normalized spacial score (nSPS) is 19.7. The average Bonchev–Trinajstić information content (AvgIpc) is 2.41. The van der Waals surface area contributed by atoms with E-state index in [9.17, 15) is 14.9 Å². The summed E-state index contributed by atoms with van der Waals surface area (Å²) in [5.41, 5.74) is 0.688. The molecule has 20 heavy (non-hydrogen) atoms. The molecule has 0 aromatic heterocycles. The molecule has 0 saturated carbocycles. The van der Waals surface area contributed by atoms with Crippen molar-refractivity contribution in [2.24, 2.45) is 0 Å². The Hall–Kier alpha value is -1.66. The first-order valence-electron chi connectivity index (χ1n) is 6.47. The van der Waals surface area contributed by atoms with Gasteiger partial charge in [-0.15, -0.1) is 0 Å². The van der Waals surface area contributed by atoms with Crippen LogP contribution in [0.1, 0.15) is 18.9 Å². The van der Waals surface area contributed by atoms with Gasteiger partial charge in [0.25, 0.3) is 5.69 Å². The first-order valence-corrected chi connectivity index (χ1v) is 6.85. The number of nitrogens with zero attached hydrogens (tertiary/aromatic N) is 2. The number of benzene rings is 1. The Morgan fingerprint density at radius 2 is 2.30 bits per heavy atom. The minimum Gasteiger partial charge on any atom is -0.353 e. The molecular formula is C13H16ClN3O3. The molecule has 1 aromatic rings. The molecule has 0 bridgehead atoms. The van der Waals surface area contributed by atoms with Crippen LogP contribution in [0, 0.1) is 10.1 Å². The third kappa shape index (κ3) is 3.08. The van der Waals surface area contributed by atoms with Crippen molar-refractivity contribution in [2.45, 2.75) is 25.9 Å². The van der Waals surface area contributed by atoms with E-state index in [-0.39, 0.29) is 22.7 Å². The van der Waals surface area contributed by atoms with E-state index in [0.717, 1.165) is 12.1 Å². The fourth-order valence-corrected chi connectivity index (χ4v) is 2.61. The zero-order chi connectivity index (χ0) is 14.7. The molecule has 2 rings (SSSR count). The Kier molecular flexibility index (Phi) is 4.57. The number of hydrogen-bond donors (Lipinski definition) is 1. The second-order valence-electron chi connectivity index (χ2n) is 4.73. The quantitative estimate of drug-likeness (QED) is 0.681. The minimum absolute atomic E-state index is 0.0159. The van der Waals surface area contributed by atoms with Crippen LogP contribution in [-0.4, -0.2) is 34.9 Å². The SMILES string of the molecule is CCC1C(=O)NCCN1Cc1ccc(Cl)c([N+](=O)[O-])c1. The lowest BCUT2D eigenvalue weighted by Crippen LogP contribution is -2.54. The number of hydrogen-bond acceptors (Lipinski definition) is 4. The van der Waals surface area contributed by atoms with Gasteiger partial charge in [-0.25, -0.2) is 0 Å². The van der Waals surface area contributed by atoms with Crippen LogP contribution in [-0.2, 0) is 11.3 Å². The van der Waals surface area contributed by atoms with Crippen molar-refractivity contribution in [2.75, 3.05) is 13.1 Å². The molecule has 1 aliphatic heterocycles. The summed E-state index contributed by atoms with van der Waals surface area (Å²) in [6, 6.07) is 4.58. The number of amides is 1. The van der Waals surface area contributed by atoms with Gasteiger partial charge in [-0.1, -0.05) is 24.6 Å². The number of piperazine rings is 1. The molecule has 1 N–H and O–H groups in total. The predicted molar refractivity (Wildman–Crippen MR) is 75.6 cm³/mol. The number of rotatable bonds is 4. The molecule has 108 valence electrons. The van der Waals surface area contributed by atoms with Crippen LogP contribution in [0.2, 0.25) is 5.02 Å². The van der Waals surface area contributed by atoms with Crippen LogP contribution in [0.5, 0.6) is 0 Å². The third-order valence-corrected chi connectivity index (χ3v) is 3.74. The van der Waals surface area contributed by atoms with Crippen molar-refractivity contribution in [3.8, 4) is 0 Å². The second-order valence-corrected chi connectivity index (χ2v) is 5.14. The van der Waals surface area contributed by atoms with Gasteiger partial charge in [-0.05, 0) is 18.1 Å². The highest BCUT2D eigenvalue weighted by Crippen LogP contribution is 2.26. The van der Waals surface area contributed by atoms with Gasteiger partial charge < -0.3 is 5.32 Å². The summed E-state index contributed by atoms with van der Waals surface area (Å²) < 4.78 is 0. The summed E-state index contributed by atoms with van der Waals surface area (Å²) in [5, 5.41) is 13.8.